The molecule has 0 bridgehead atoms. The second-order valence-corrected chi connectivity index (χ2v) is 8.07. The molecule has 3 heterocycles. The second-order valence-electron chi connectivity index (χ2n) is 7.06. The Hall–Kier alpha value is -2.84. The zero-order chi connectivity index (χ0) is 20.5. The molecule has 7 nitrogen and oxygen atoms in total. The highest BCUT2D eigenvalue weighted by Crippen LogP contribution is 2.32. The summed E-state index contributed by atoms with van der Waals surface area (Å²) in [5.74, 6) is -0.113. The molecule has 0 spiro atoms. The van der Waals surface area contributed by atoms with Gasteiger partial charge in [0.05, 0.1) is 22.7 Å². The summed E-state index contributed by atoms with van der Waals surface area (Å²) in [6.45, 7) is 5.42. The van der Waals surface area contributed by atoms with E-state index in [-0.39, 0.29) is 23.7 Å². The maximum absolute atomic E-state index is 12.3. The minimum absolute atomic E-state index is 0.0883. The number of carbonyl (C=O) groups is 2. The molecular formula is C21H20N2O5S. The fourth-order valence-corrected chi connectivity index (χ4v) is 4.27. The average Bonchev–Trinajstić information content (AvgIpc) is 3.28. The number of carboxylic acids is 1. The quantitative estimate of drug-likeness (QED) is 0.768. The minimum Gasteiger partial charge on any atom is -0.478 e. The van der Waals surface area contributed by atoms with Gasteiger partial charge in [0, 0.05) is 24.7 Å². The monoisotopic (exact) mass is 412 g/mol. The molecule has 1 saturated heterocycles. The van der Waals surface area contributed by atoms with E-state index in [4.69, 9.17) is 14.3 Å². The van der Waals surface area contributed by atoms with Crippen LogP contribution in [0.3, 0.4) is 0 Å². The van der Waals surface area contributed by atoms with Crippen molar-refractivity contribution >= 4 is 34.9 Å². The molecule has 29 heavy (non-hydrogen) atoms. The van der Waals surface area contributed by atoms with Crippen molar-refractivity contribution in [3.8, 4) is 11.3 Å². The first-order chi connectivity index (χ1) is 13.9. The van der Waals surface area contributed by atoms with Crippen LogP contribution in [0.4, 0.5) is 0 Å². The van der Waals surface area contributed by atoms with Crippen LogP contribution in [-0.4, -0.2) is 52.3 Å². The van der Waals surface area contributed by atoms with Gasteiger partial charge in [-0.15, -0.1) is 0 Å². The lowest BCUT2D eigenvalue weighted by molar-refractivity contribution is -0.113. The number of rotatable bonds is 3. The van der Waals surface area contributed by atoms with Gasteiger partial charge in [0.25, 0.3) is 5.91 Å². The summed E-state index contributed by atoms with van der Waals surface area (Å²) in [5.41, 5.74) is 0.977. The molecule has 2 aromatic rings. The number of ether oxygens (including phenoxy) is 1. The highest BCUT2D eigenvalue weighted by molar-refractivity contribution is 8.18. The number of furan rings is 1. The van der Waals surface area contributed by atoms with E-state index in [1.54, 1.807) is 30.3 Å². The molecule has 2 atom stereocenters. The standard InChI is InChI=1S/C21H20N2O5S/c1-12-10-23(11-13(2)27-12)21-22-19(24)18(29-21)9-16-7-8-17(28-16)14-3-5-15(6-4-14)20(25)26/h3-9,12-13H,10-11H2,1-2H3,(H,25,26). The summed E-state index contributed by atoms with van der Waals surface area (Å²) in [5, 5.41) is 9.69. The fourth-order valence-electron chi connectivity index (χ4n) is 3.36. The van der Waals surface area contributed by atoms with E-state index in [9.17, 15) is 9.59 Å². The van der Waals surface area contributed by atoms with Crippen LogP contribution in [0.5, 0.6) is 0 Å². The summed E-state index contributed by atoms with van der Waals surface area (Å²) in [7, 11) is 0. The summed E-state index contributed by atoms with van der Waals surface area (Å²) in [4.78, 5) is 30.1. The molecule has 2 aliphatic heterocycles. The number of aliphatic imine (C=N–C) groups is 1. The number of hydrogen-bond donors (Lipinski definition) is 1. The molecule has 0 radical (unpaired) electrons. The maximum atomic E-state index is 12.3. The second kappa shape index (κ2) is 7.88. The van der Waals surface area contributed by atoms with Gasteiger partial charge >= 0.3 is 5.97 Å². The van der Waals surface area contributed by atoms with Crippen molar-refractivity contribution in [2.45, 2.75) is 26.1 Å². The highest BCUT2D eigenvalue weighted by Gasteiger charge is 2.31. The molecular weight excluding hydrogens is 392 g/mol. The zero-order valence-corrected chi connectivity index (χ0v) is 16.8. The first-order valence-electron chi connectivity index (χ1n) is 9.25. The van der Waals surface area contributed by atoms with Crippen molar-refractivity contribution in [2.75, 3.05) is 13.1 Å². The number of hydrogen-bond acceptors (Lipinski definition) is 6. The van der Waals surface area contributed by atoms with Crippen molar-refractivity contribution in [1.29, 1.82) is 0 Å². The minimum atomic E-state index is -0.974. The van der Waals surface area contributed by atoms with Gasteiger partial charge in [-0.1, -0.05) is 12.1 Å². The maximum Gasteiger partial charge on any atom is 0.335 e. The Labute approximate surface area is 172 Å². The van der Waals surface area contributed by atoms with Crippen LogP contribution in [0.25, 0.3) is 17.4 Å². The highest BCUT2D eigenvalue weighted by atomic mass is 32.2. The van der Waals surface area contributed by atoms with Gasteiger partial charge in [-0.25, -0.2) is 4.79 Å². The Bertz CT molecular complexity index is 998. The Kier molecular flexibility index (Phi) is 5.29. The number of aromatic carboxylic acids is 1. The predicted octanol–water partition coefficient (Wildman–Crippen LogP) is 3.72. The molecule has 8 heteroatoms. The van der Waals surface area contributed by atoms with Gasteiger partial charge in [0.1, 0.15) is 11.5 Å². The first kappa shape index (κ1) is 19.5. The first-order valence-corrected chi connectivity index (χ1v) is 10.1. The van der Waals surface area contributed by atoms with Crippen molar-refractivity contribution in [3.05, 3.63) is 52.6 Å². The number of benzene rings is 1. The van der Waals surface area contributed by atoms with E-state index in [1.807, 2.05) is 13.8 Å². The van der Waals surface area contributed by atoms with Crippen molar-refractivity contribution < 1.29 is 23.8 Å². The molecule has 1 aromatic carbocycles. The third-order valence-electron chi connectivity index (χ3n) is 4.62. The van der Waals surface area contributed by atoms with Crippen LogP contribution in [0.15, 0.2) is 50.7 Å². The van der Waals surface area contributed by atoms with Gasteiger partial charge in [-0.05, 0) is 49.9 Å². The van der Waals surface area contributed by atoms with Gasteiger partial charge in [0.15, 0.2) is 5.17 Å². The molecule has 2 unspecified atom stereocenters. The number of morpholine rings is 1. The van der Waals surface area contributed by atoms with Crippen LogP contribution in [0, 0.1) is 0 Å². The topological polar surface area (TPSA) is 92.3 Å². The van der Waals surface area contributed by atoms with Gasteiger partial charge < -0.3 is 19.2 Å². The van der Waals surface area contributed by atoms with Crippen LogP contribution in [0.2, 0.25) is 0 Å². The van der Waals surface area contributed by atoms with E-state index in [2.05, 4.69) is 9.89 Å². The lowest BCUT2D eigenvalue weighted by Crippen LogP contribution is -2.47. The van der Waals surface area contributed by atoms with Crippen LogP contribution < -0.4 is 0 Å². The van der Waals surface area contributed by atoms with Gasteiger partial charge in [-0.3, -0.25) is 4.79 Å². The third kappa shape index (κ3) is 4.28. The average molecular weight is 412 g/mol. The van der Waals surface area contributed by atoms with Crippen LogP contribution >= 0.6 is 11.8 Å². The SMILES string of the molecule is CC1CN(C2=NC(=O)C(=Cc3ccc(-c4ccc(C(=O)O)cc4)o3)S2)CC(C)O1. The Morgan fingerprint density at radius 3 is 2.52 bits per heavy atom. The summed E-state index contributed by atoms with van der Waals surface area (Å²) in [6.07, 6.45) is 1.86. The smallest absolute Gasteiger partial charge is 0.335 e. The number of amides is 1. The van der Waals surface area contributed by atoms with Crippen LogP contribution in [-0.2, 0) is 9.53 Å². The molecule has 1 N–H and O–H groups in total. The number of nitrogens with zero attached hydrogens (tertiary/aromatic N) is 2. The number of carbonyl (C=O) groups excluding carboxylic acids is 1. The summed E-state index contributed by atoms with van der Waals surface area (Å²) >= 11 is 1.34. The van der Waals surface area contributed by atoms with Crippen molar-refractivity contribution in [3.63, 3.8) is 0 Å². The fraction of sp³-hybridized carbons (Fsp3) is 0.286. The van der Waals surface area contributed by atoms with Gasteiger partial charge in [0.2, 0.25) is 0 Å². The van der Waals surface area contributed by atoms with E-state index >= 15 is 0 Å². The summed E-state index contributed by atoms with van der Waals surface area (Å²) in [6, 6.07) is 10.0. The Balaban J connectivity index is 1.48. The lowest BCUT2D eigenvalue weighted by Gasteiger charge is -2.35. The molecule has 0 aliphatic carbocycles. The Morgan fingerprint density at radius 1 is 1.17 bits per heavy atom. The normalized spacial score (nSPS) is 23.5. The molecule has 1 aromatic heterocycles. The molecule has 150 valence electrons. The van der Waals surface area contributed by atoms with Crippen LogP contribution in [0.1, 0.15) is 30.0 Å². The number of thioether (sulfide) groups is 1. The van der Waals surface area contributed by atoms with E-state index in [0.717, 1.165) is 5.56 Å². The Morgan fingerprint density at radius 2 is 1.86 bits per heavy atom. The lowest BCUT2D eigenvalue weighted by atomic mass is 10.1. The molecule has 1 amide bonds. The molecule has 1 fully saturated rings. The molecule has 4 rings (SSSR count). The largest absolute Gasteiger partial charge is 0.478 e. The van der Waals surface area contributed by atoms with Gasteiger partial charge in [-0.2, -0.15) is 4.99 Å². The third-order valence-corrected chi connectivity index (χ3v) is 5.66. The number of carboxylic acid groups (broad SMARTS) is 1. The summed E-state index contributed by atoms with van der Waals surface area (Å²) < 4.78 is 11.6. The number of amidine groups is 1. The molecule has 2 aliphatic rings. The van der Waals surface area contributed by atoms with E-state index < -0.39 is 5.97 Å². The van der Waals surface area contributed by atoms with E-state index in [1.165, 1.54) is 23.9 Å². The zero-order valence-electron chi connectivity index (χ0n) is 16.0. The van der Waals surface area contributed by atoms with Crippen molar-refractivity contribution in [2.24, 2.45) is 4.99 Å². The molecule has 0 saturated carbocycles. The predicted molar refractivity (Wildman–Crippen MR) is 111 cm³/mol. The van der Waals surface area contributed by atoms with E-state index in [0.29, 0.717) is 34.7 Å². The van der Waals surface area contributed by atoms with Crippen molar-refractivity contribution in [1.82, 2.24) is 4.90 Å².